The summed E-state index contributed by atoms with van der Waals surface area (Å²) in [6.07, 6.45) is 1.85. The first-order valence-corrected chi connectivity index (χ1v) is 6.27. The summed E-state index contributed by atoms with van der Waals surface area (Å²) < 4.78 is 5.25. The van der Waals surface area contributed by atoms with Crippen molar-refractivity contribution < 1.29 is 19.7 Å². The lowest BCUT2D eigenvalue weighted by Gasteiger charge is -2.34. The predicted molar refractivity (Wildman–Crippen MR) is 74.8 cm³/mol. The van der Waals surface area contributed by atoms with Gasteiger partial charge in [0.1, 0.15) is 5.60 Å². The van der Waals surface area contributed by atoms with Crippen molar-refractivity contribution >= 4 is 6.09 Å². The molecule has 0 spiro atoms. The number of ether oxygens (including phenoxy) is 1. The van der Waals surface area contributed by atoms with Crippen molar-refractivity contribution in [1.82, 2.24) is 4.90 Å². The summed E-state index contributed by atoms with van der Waals surface area (Å²) in [5, 5.41) is 19.3. The molecule has 0 heterocycles. The fourth-order valence-electron chi connectivity index (χ4n) is 1.56. The standard InChI is InChI=1S/C14H25NO4/c1-6-8-12(17)11(10-16)15(9-7-2)13(18)19-14(3,4)5/h6-7,11-12,16-17H,1-2,8-10H2,3-5H3/t11-,12+/m1/s1. The lowest BCUT2D eigenvalue weighted by atomic mass is 10.1. The monoisotopic (exact) mass is 271 g/mol. The fraction of sp³-hybridized carbons (Fsp3) is 0.643. The van der Waals surface area contributed by atoms with Crippen LogP contribution in [0.1, 0.15) is 27.2 Å². The molecule has 0 bridgehead atoms. The minimum absolute atomic E-state index is 0.189. The van der Waals surface area contributed by atoms with Crippen LogP contribution >= 0.6 is 0 Å². The van der Waals surface area contributed by atoms with Gasteiger partial charge < -0.3 is 14.9 Å². The van der Waals surface area contributed by atoms with Crippen molar-refractivity contribution in [1.29, 1.82) is 0 Å². The molecule has 0 unspecified atom stereocenters. The van der Waals surface area contributed by atoms with Crippen LogP contribution in [0, 0.1) is 0 Å². The van der Waals surface area contributed by atoms with Crippen LogP contribution in [0.2, 0.25) is 0 Å². The lowest BCUT2D eigenvalue weighted by molar-refractivity contribution is -0.0148. The van der Waals surface area contributed by atoms with Crippen molar-refractivity contribution in [3.05, 3.63) is 25.3 Å². The Balaban J connectivity index is 4.98. The Morgan fingerprint density at radius 1 is 1.37 bits per heavy atom. The summed E-state index contributed by atoms with van der Waals surface area (Å²) in [5.74, 6) is 0. The number of carbonyl (C=O) groups is 1. The van der Waals surface area contributed by atoms with Crippen LogP contribution in [0.3, 0.4) is 0 Å². The molecule has 5 nitrogen and oxygen atoms in total. The summed E-state index contributed by atoms with van der Waals surface area (Å²) >= 11 is 0. The second kappa shape index (κ2) is 7.96. The molecule has 0 rings (SSSR count). The van der Waals surface area contributed by atoms with Crippen molar-refractivity contribution in [3.63, 3.8) is 0 Å². The highest BCUT2D eigenvalue weighted by Gasteiger charge is 2.31. The minimum Gasteiger partial charge on any atom is -0.444 e. The zero-order valence-corrected chi connectivity index (χ0v) is 12.0. The molecule has 2 atom stereocenters. The van der Waals surface area contributed by atoms with Gasteiger partial charge in [-0.05, 0) is 27.2 Å². The zero-order chi connectivity index (χ0) is 15.1. The van der Waals surface area contributed by atoms with Gasteiger partial charge in [-0.25, -0.2) is 4.79 Å². The number of aliphatic hydroxyl groups excluding tert-OH is 2. The first-order valence-electron chi connectivity index (χ1n) is 6.27. The van der Waals surface area contributed by atoms with E-state index in [2.05, 4.69) is 13.2 Å². The van der Waals surface area contributed by atoms with E-state index in [-0.39, 0.29) is 19.6 Å². The van der Waals surface area contributed by atoms with Crippen LogP contribution in [0.4, 0.5) is 4.79 Å². The van der Waals surface area contributed by atoms with Crippen LogP contribution in [0.25, 0.3) is 0 Å². The fourth-order valence-corrected chi connectivity index (χ4v) is 1.56. The van der Waals surface area contributed by atoms with Gasteiger partial charge in [-0.15, -0.1) is 13.2 Å². The number of carbonyl (C=O) groups excluding carboxylic acids is 1. The van der Waals surface area contributed by atoms with Crippen LogP contribution in [0.15, 0.2) is 25.3 Å². The Hall–Kier alpha value is -1.33. The van der Waals surface area contributed by atoms with E-state index in [1.807, 2.05) is 0 Å². The molecule has 19 heavy (non-hydrogen) atoms. The Labute approximate surface area is 115 Å². The topological polar surface area (TPSA) is 70.0 Å². The highest BCUT2D eigenvalue weighted by Crippen LogP contribution is 2.15. The Morgan fingerprint density at radius 2 is 1.95 bits per heavy atom. The van der Waals surface area contributed by atoms with E-state index in [0.717, 1.165) is 0 Å². The van der Waals surface area contributed by atoms with E-state index in [1.54, 1.807) is 20.8 Å². The van der Waals surface area contributed by atoms with Crippen molar-refractivity contribution in [2.45, 2.75) is 44.9 Å². The van der Waals surface area contributed by atoms with Gasteiger partial charge in [-0.3, -0.25) is 4.90 Å². The quantitative estimate of drug-likeness (QED) is 0.692. The average molecular weight is 271 g/mol. The summed E-state index contributed by atoms with van der Waals surface area (Å²) in [5.41, 5.74) is -0.639. The van der Waals surface area contributed by atoms with E-state index in [0.29, 0.717) is 0 Å². The van der Waals surface area contributed by atoms with Gasteiger partial charge in [0.05, 0.1) is 18.8 Å². The van der Waals surface area contributed by atoms with E-state index < -0.39 is 23.8 Å². The number of amides is 1. The average Bonchev–Trinajstić information content (AvgIpc) is 2.27. The Bertz CT molecular complexity index is 309. The van der Waals surface area contributed by atoms with Gasteiger partial charge in [0.15, 0.2) is 0 Å². The number of hydrogen-bond acceptors (Lipinski definition) is 4. The summed E-state index contributed by atoms with van der Waals surface area (Å²) in [4.78, 5) is 13.3. The molecule has 2 N–H and O–H groups in total. The van der Waals surface area contributed by atoms with Crippen LogP contribution in [0.5, 0.6) is 0 Å². The predicted octanol–water partition coefficient (Wildman–Crippen LogP) is 1.71. The Morgan fingerprint density at radius 3 is 2.32 bits per heavy atom. The molecule has 0 radical (unpaired) electrons. The molecular formula is C14H25NO4. The van der Waals surface area contributed by atoms with Gasteiger partial charge in [0.2, 0.25) is 0 Å². The molecule has 0 saturated carbocycles. The third-order valence-electron chi connectivity index (χ3n) is 2.39. The molecule has 0 aromatic carbocycles. The largest absolute Gasteiger partial charge is 0.444 e. The highest BCUT2D eigenvalue weighted by atomic mass is 16.6. The molecular weight excluding hydrogens is 246 g/mol. The molecule has 0 aliphatic rings. The SMILES string of the molecule is C=CC[C@H](O)[C@@H](CO)N(CC=C)C(=O)OC(C)(C)C. The summed E-state index contributed by atoms with van der Waals surface area (Å²) in [6.45, 7) is 12.2. The maximum Gasteiger partial charge on any atom is 0.410 e. The van der Waals surface area contributed by atoms with Gasteiger partial charge in [0.25, 0.3) is 0 Å². The zero-order valence-electron chi connectivity index (χ0n) is 12.0. The van der Waals surface area contributed by atoms with E-state index in [9.17, 15) is 15.0 Å². The van der Waals surface area contributed by atoms with Crippen LogP contribution < -0.4 is 0 Å². The molecule has 1 amide bonds. The molecule has 0 aromatic rings. The van der Waals surface area contributed by atoms with E-state index >= 15 is 0 Å². The third-order valence-corrected chi connectivity index (χ3v) is 2.39. The second-order valence-electron chi connectivity index (χ2n) is 5.26. The van der Waals surface area contributed by atoms with Gasteiger partial charge in [0, 0.05) is 6.54 Å². The molecule has 0 aliphatic carbocycles. The molecule has 0 aromatic heterocycles. The van der Waals surface area contributed by atoms with Gasteiger partial charge in [-0.2, -0.15) is 0 Å². The second-order valence-corrected chi connectivity index (χ2v) is 5.26. The minimum atomic E-state index is -0.894. The molecule has 0 fully saturated rings. The van der Waals surface area contributed by atoms with Gasteiger partial charge in [-0.1, -0.05) is 12.2 Å². The van der Waals surface area contributed by atoms with E-state index in [4.69, 9.17) is 4.74 Å². The summed E-state index contributed by atoms with van der Waals surface area (Å²) in [7, 11) is 0. The maximum atomic E-state index is 12.1. The van der Waals surface area contributed by atoms with Crippen LogP contribution in [-0.4, -0.2) is 52.1 Å². The maximum absolute atomic E-state index is 12.1. The number of nitrogens with zero attached hydrogens (tertiary/aromatic N) is 1. The molecule has 5 heteroatoms. The van der Waals surface area contributed by atoms with Crippen LogP contribution in [-0.2, 0) is 4.74 Å². The molecule has 0 saturated heterocycles. The third kappa shape index (κ3) is 6.40. The first kappa shape index (κ1) is 17.7. The van der Waals surface area contributed by atoms with Crippen molar-refractivity contribution in [2.75, 3.05) is 13.2 Å². The number of rotatable bonds is 7. The molecule has 110 valence electrons. The first-order chi connectivity index (χ1) is 8.76. The van der Waals surface area contributed by atoms with Crippen molar-refractivity contribution in [3.8, 4) is 0 Å². The molecule has 0 aliphatic heterocycles. The lowest BCUT2D eigenvalue weighted by Crippen LogP contribution is -2.50. The Kier molecular flexibility index (Phi) is 7.41. The normalized spacial score (nSPS) is 14.4. The number of hydrogen-bond donors (Lipinski definition) is 2. The van der Waals surface area contributed by atoms with Crippen molar-refractivity contribution in [2.24, 2.45) is 0 Å². The summed E-state index contributed by atoms with van der Waals surface area (Å²) in [6, 6.07) is -0.745. The highest BCUT2D eigenvalue weighted by molar-refractivity contribution is 5.69. The van der Waals surface area contributed by atoms with Gasteiger partial charge >= 0.3 is 6.09 Å². The smallest absolute Gasteiger partial charge is 0.410 e. The van der Waals surface area contributed by atoms with E-state index in [1.165, 1.54) is 17.1 Å². The number of aliphatic hydroxyl groups is 2.